The molecule has 10 heteroatoms. The number of anilines is 2. The summed E-state index contributed by atoms with van der Waals surface area (Å²) in [6.07, 6.45) is 7.06. The molecule has 0 saturated carbocycles. The number of ether oxygens (including phenoxy) is 3. The van der Waals surface area contributed by atoms with E-state index in [4.69, 9.17) is 19.2 Å². The second kappa shape index (κ2) is 11.4. The molecule has 0 atom stereocenters. The van der Waals surface area contributed by atoms with E-state index in [-0.39, 0.29) is 6.61 Å². The molecule has 0 spiro atoms. The van der Waals surface area contributed by atoms with Crippen LogP contribution in [0.3, 0.4) is 0 Å². The molecule has 2 aliphatic heterocycles. The minimum absolute atomic E-state index is 0.285. The van der Waals surface area contributed by atoms with E-state index in [1.807, 2.05) is 0 Å². The summed E-state index contributed by atoms with van der Waals surface area (Å²) in [4.78, 5) is 29.6. The number of piperidine rings is 2. The molecule has 190 valence electrons. The third kappa shape index (κ3) is 6.86. The highest BCUT2D eigenvalue weighted by Crippen LogP contribution is 2.24. The lowest BCUT2D eigenvalue weighted by Gasteiger charge is -2.30. The standard InChI is InChI=1S/C25H35N5O5/c1-25(2,21(31)32)35-20-11-9-19(10-12-20)33-17-18-34-24-27-22(29-13-5-3-6-14-29)26-23(28-24)30-15-7-4-8-16-30/h9-12H,3-8,13-18H2,1-2H3,(H,31,32). The SMILES string of the molecule is CC(C)(Oc1ccc(OCCOc2nc(N3CCCCC3)nc(N3CCCCC3)n2)cc1)C(=O)O. The first-order chi connectivity index (χ1) is 16.9. The normalized spacial score (nSPS) is 16.6. The largest absolute Gasteiger partial charge is 0.490 e. The van der Waals surface area contributed by atoms with Crippen molar-refractivity contribution in [3.63, 3.8) is 0 Å². The molecule has 0 unspecified atom stereocenters. The first-order valence-corrected chi connectivity index (χ1v) is 12.4. The number of rotatable bonds is 10. The Morgan fingerprint density at radius 1 is 0.800 bits per heavy atom. The number of aromatic nitrogens is 3. The molecule has 0 radical (unpaired) electrons. The number of nitrogens with zero attached hydrogens (tertiary/aromatic N) is 5. The van der Waals surface area contributed by atoms with Crippen molar-refractivity contribution < 1.29 is 24.1 Å². The van der Waals surface area contributed by atoms with Gasteiger partial charge < -0.3 is 29.1 Å². The van der Waals surface area contributed by atoms with Gasteiger partial charge in [-0.15, -0.1) is 0 Å². The second-order valence-electron chi connectivity index (χ2n) is 9.40. The van der Waals surface area contributed by atoms with Crippen LogP contribution in [0.2, 0.25) is 0 Å². The maximum Gasteiger partial charge on any atom is 0.347 e. The number of hydrogen-bond acceptors (Lipinski definition) is 9. The van der Waals surface area contributed by atoms with Crippen LogP contribution in [0.25, 0.3) is 0 Å². The molecule has 4 rings (SSSR count). The van der Waals surface area contributed by atoms with Gasteiger partial charge in [0.25, 0.3) is 0 Å². The summed E-state index contributed by atoms with van der Waals surface area (Å²) in [7, 11) is 0. The number of carbonyl (C=O) groups is 1. The Labute approximate surface area is 206 Å². The highest BCUT2D eigenvalue weighted by molar-refractivity contribution is 5.76. The predicted octanol–water partition coefficient (Wildman–Crippen LogP) is 3.55. The zero-order valence-corrected chi connectivity index (χ0v) is 20.6. The Hall–Kier alpha value is -3.30. The Balaban J connectivity index is 1.34. The van der Waals surface area contributed by atoms with Crippen LogP contribution < -0.4 is 24.0 Å². The molecule has 0 aliphatic carbocycles. The molecule has 1 aromatic heterocycles. The maximum absolute atomic E-state index is 11.2. The van der Waals surface area contributed by atoms with Gasteiger partial charge in [0.2, 0.25) is 11.9 Å². The zero-order chi connectivity index (χ0) is 24.7. The molecule has 3 heterocycles. The van der Waals surface area contributed by atoms with Crippen LogP contribution in [0.15, 0.2) is 24.3 Å². The van der Waals surface area contributed by atoms with E-state index in [0.29, 0.717) is 36.0 Å². The van der Waals surface area contributed by atoms with E-state index in [2.05, 4.69) is 19.8 Å². The van der Waals surface area contributed by atoms with E-state index < -0.39 is 11.6 Å². The second-order valence-corrected chi connectivity index (χ2v) is 9.40. The summed E-state index contributed by atoms with van der Waals surface area (Å²) in [5, 5.41) is 9.19. The van der Waals surface area contributed by atoms with E-state index >= 15 is 0 Å². The minimum atomic E-state index is -1.30. The Morgan fingerprint density at radius 3 is 1.80 bits per heavy atom. The average Bonchev–Trinajstić information content (AvgIpc) is 2.88. The molecule has 2 saturated heterocycles. The van der Waals surface area contributed by atoms with Crippen LogP contribution >= 0.6 is 0 Å². The highest BCUT2D eigenvalue weighted by Gasteiger charge is 2.29. The third-order valence-electron chi connectivity index (χ3n) is 6.16. The fraction of sp³-hybridized carbons (Fsp3) is 0.600. The number of carboxylic acid groups (broad SMARTS) is 1. The maximum atomic E-state index is 11.2. The molecule has 2 aliphatic rings. The van der Waals surface area contributed by atoms with Gasteiger partial charge in [-0.3, -0.25) is 0 Å². The average molecular weight is 486 g/mol. The Morgan fingerprint density at radius 2 is 1.29 bits per heavy atom. The first kappa shape index (κ1) is 24.8. The summed E-state index contributed by atoms with van der Waals surface area (Å²) in [6.45, 7) is 7.42. The molecule has 0 amide bonds. The van der Waals surface area contributed by atoms with E-state index in [1.165, 1.54) is 26.7 Å². The first-order valence-electron chi connectivity index (χ1n) is 12.4. The van der Waals surface area contributed by atoms with Gasteiger partial charge in [0.15, 0.2) is 5.60 Å². The molecular weight excluding hydrogens is 450 g/mol. The number of aliphatic carboxylic acids is 1. The summed E-state index contributed by atoms with van der Waals surface area (Å²) in [5.74, 6) is 1.45. The van der Waals surface area contributed by atoms with Crippen LogP contribution in [0.5, 0.6) is 17.5 Å². The molecule has 1 N–H and O–H groups in total. The van der Waals surface area contributed by atoms with E-state index in [9.17, 15) is 9.90 Å². The molecule has 10 nitrogen and oxygen atoms in total. The third-order valence-corrected chi connectivity index (χ3v) is 6.16. The lowest BCUT2D eigenvalue weighted by atomic mass is 10.1. The van der Waals surface area contributed by atoms with E-state index in [1.54, 1.807) is 24.3 Å². The fourth-order valence-corrected chi connectivity index (χ4v) is 4.11. The van der Waals surface area contributed by atoms with Crippen LogP contribution in [0, 0.1) is 0 Å². The van der Waals surface area contributed by atoms with Gasteiger partial charge in [-0.05, 0) is 76.6 Å². The van der Waals surface area contributed by atoms with Gasteiger partial charge in [0.1, 0.15) is 24.7 Å². The molecule has 0 bridgehead atoms. The molecule has 1 aromatic carbocycles. The smallest absolute Gasteiger partial charge is 0.347 e. The van der Waals surface area contributed by atoms with Gasteiger partial charge in [0.05, 0.1) is 0 Å². The number of benzene rings is 1. The zero-order valence-electron chi connectivity index (χ0n) is 20.6. The van der Waals surface area contributed by atoms with Crippen molar-refractivity contribution in [3.8, 4) is 17.5 Å². The van der Waals surface area contributed by atoms with Crippen molar-refractivity contribution in [1.82, 2.24) is 15.0 Å². The Bertz CT molecular complexity index is 936. The van der Waals surface area contributed by atoms with Gasteiger partial charge in [-0.25, -0.2) is 4.79 Å². The van der Waals surface area contributed by atoms with Crippen molar-refractivity contribution >= 4 is 17.9 Å². The van der Waals surface area contributed by atoms with Crippen molar-refractivity contribution in [2.24, 2.45) is 0 Å². The van der Waals surface area contributed by atoms with Crippen molar-refractivity contribution in [2.75, 3.05) is 49.2 Å². The van der Waals surface area contributed by atoms with Gasteiger partial charge in [-0.1, -0.05) is 0 Å². The topological polar surface area (TPSA) is 110 Å². The van der Waals surface area contributed by atoms with Crippen LogP contribution in [-0.4, -0.2) is 71.0 Å². The van der Waals surface area contributed by atoms with Crippen LogP contribution in [0.4, 0.5) is 11.9 Å². The lowest BCUT2D eigenvalue weighted by Crippen LogP contribution is -2.37. The number of hydrogen-bond donors (Lipinski definition) is 1. The van der Waals surface area contributed by atoms with Gasteiger partial charge >= 0.3 is 12.0 Å². The van der Waals surface area contributed by atoms with Gasteiger partial charge in [0, 0.05) is 26.2 Å². The van der Waals surface area contributed by atoms with Crippen molar-refractivity contribution in [2.45, 2.75) is 58.0 Å². The summed E-state index contributed by atoms with van der Waals surface area (Å²) in [5.41, 5.74) is -1.30. The highest BCUT2D eigenvalue weighted by atomic mass is 16.5. The number of carboxylic acids is 1. The molecular formula is C25H35N5O5. The Kier molecular flexibility index (Phi) is 8.09. The van der Waals surface area contributed by atoms with Crippen LogP contribution in [0.1, 0.15) is 52.4 Å². The quantitative estimate of drug-likeness (QED) is 0.502. The van der Waals surface area contributed by atoms with Crippen LogP contribution in [-0.2, 0) is 4.79 Å². The molecule has 35 heavy (non-hydrogen) atoms. The van der Waals surface area contributed by atoms with E-state index in [0.717, 1.165) is 51.9 Å². The monoisotopic (exact) mass is 485 g/mol. The van der Waals surface area contributed by atoms with Gasteiger partial charge in [-0.2, -0.15) is 15.0 Å². The summed E-state index contributed by atoms with van der Waals surface area (Å²) in [6, 6.07) is 7.16. The van der Waals surface area contributed by atoms with Crippen molar-refractivity contribution in [1.29, 1.82) is 0 Å². The minimum Gasteiger partial charge on any atom is -0.490 e. The lowest BCUT2D eigenvalue weighted by molar-refractivity contribution is -0.152. The van der Waals surface area contributed by atoms with Crippen molar-refractivity contribution in [3.05, 3.63) is 24.3 Å². The predicted molar refractivity (Wildman–Crippen MR) is 132 cm³/mol. The molecule has 2 fully saturated rings. The fourth-order valence-electron chi connectivity index (χ4n) is 4.11. The summed E-state index contributed by atoms with van der Waals surface area (Å²) >= 11 is 0. The molecule has 2 aromatic rings. The summed E-state index contributed by atoms with van der Waals surface area (Å²) < 4.78 is 17.2.